The van der Waals surface area contributed by atoms with Gasteiger partial charge in [-0.25, -0.2) is 0 Å². The van der Waals surface area contributed by atoms with Gasteiger partial charge in [0.05, 0.1) is 0 Å². The van der Waals surface area contributed by atoms with Crippen molar-refractivity contribution in [2.45, 2.75) is 97.6 Å². The van der Waals surface area contributed by atoms with E-state index in [9.17, 15) is 4.39 Å². The molecule has 1 aromatic rings. The van der Waals surface area contributed by atoms with E-state index >= 15 is 0 Å². The van der Waals surface area contributed by atoms with Gasteiger partial charge in [0.15, 0.2) is 0 Å². The Morgan fingerprint density at radius 1 is 0.741 bits per heavy atom. The van der Waals surface area contributed by atoms with E-state index in [0.717, 1.165) is 46.9 Å². The maximum absolute atomic E-state index is 14.9. The van der Waals surface area contributed by atoms with Crippen LogP contribution >= 0.6 is 12.6 Å². The van der Waals surface area contributed by atoms with Crippen molar-refractivity contribution >= 4 is 12.6 Å². The zero-order valence-electron chi connectivity index (χ0n) is 16.7. The van der Waals surface area contributed by atoms with Gasteiger partial charge in [0, 0.05) is 5.25 Å². The predicted octanol–water partition coefficient (Wildman–Crippen LogP) is 7.58. The molecule has 0 radical (unpaired) electrons. The molecule has 3 saturated carbocycles. The normalized spacial score (nSPS) is 37.9. The summed E-state index contributed by atoms with van der Waals surface area (Å²) >= 11 is 5.55. The van der Waals surface area contributed by atoms with Gasteiger partial charge in [0.1, 0.15) is 0 Å². The quantitative estimate of drug-likeness (QED) is 0.280. The van der Waals surface area contributed by atoms with Crippen molar-refractivity contribution in [2.75, 3.05) is 0 Å². The van der Waals surface area contributed by atoms with Gasteiger partial charge in [-0.3, -0.25) is 0 Å². The second-order valence-electron chi connectivity index (χ2n) is 9.68. The van der Waals surface area contributed by atoms with Crippen LogP contribution in [0.4, 0.5) is 4.39 Å². The Labute approximate surface area is 186 Å². The summed E-state index contributed by atoms with van der Waals surface area (Å²) in [4.78, 5) is 0. The van der Waals surface area contributed by atoms with Crippen LogP contribution in [0.25, 0.3) is 0 Å². The van der Waals surface area contributed by atoms with Crippen LogP contribution < -0.4 is 0 Å². The number of halogens is 1. The molecule has 0 aromatic heterocycles. The first-order chi connectivity index (χ1) is 13.1. The Morgan fingerprint density at radius 3 is 1.89 bits per heavy atom. The molecule has 0 N–H and O–H groups in total. The molecule has 0 spiro atoms. The molecule has 3 fully saturated rings. The summed E-state index contributed by atoms with van der Waals surface area (Å²) in [5.74, 6) is 3.01. The first-order valence-corrected chi connectivity index (χ1v) is 15.1. The van der Waals surface area contributed by atoms with Gasteiger partial charge in [0.2, 0.25) is 0 Å². The van der Waals surface area contributed by atoms with Crippen LogP contribution in [-0.2, 0) is 26.1 Å². The van der Waals surface area contributed by atoms with Crippen molar-refractivity contribution in [3.63, 3.8) is 0 Å². The van der Waals surface area contributed by atoms with Crippen LogP contribution in [-0.4, -0.2) is 5.25 Å². The van der Waals surface area contributed by atoms with Crippen molar-refractivity contribution in [1.29, 1.82) is 0 Å². The predicted molar refractivity (Wildman–Crippen MR) is 111 cm³/mol. The van der Waals surface area contributed by atoms with E-state index in [2.05, 4.69) is 24.8 Å². The average Bonchev–Trinajstić information content (AvgIpc) is 2.69. The van der Waals surface area contributed by atoms with Crippen molar-refractivity contribution in [3.05, 3.63) is 35.1 Å². The zero-order valence-corrected chi connectivity index (χ0v) is 23.1. The van der Waals surface area contributed by atoms with E-state index in [0.29, 0.717) is 17.1 Å². The Bertz CT molecular complexity index is 609. The van der Waals surface area contributed by atoms with E-state index in [1.54, 1.807) is 0 Å². The fourth-order valence-corrected chi connectivity index (χ4v) is 8.23. The van der Waals surface area contributed by atoms with Crippen molar-refractivity contribution < 1.29 is 30.5 Å². The fraction of sp³-hybridized carbons (Fsp3) is 0.750. The van der Waals surface area contributed by atoms with Crippen LogP contribution in [0, 0.1) is 17.7 Å². The number of rotatable bonds is 3. The minimum atomic E-state index is 0.0865. The molecule has 3 heteroatoms. The SMILES string of the molecule is Fc1cc(C2CCC(C3CCC(S)CC3)CC2)ccc1C1CC[CH]([Hg])CC1. The van der Waals surface area contributed by atoms with Gasteiger partial charge in [-0.1, -0.05) is 0 Å². The first-order valence-electron chi connectivity index (χ1n) is 11.4. The van der Waals surface area contributed by atoms with E-state index in [1.165, 1.54) is 82.6 Å². The van der Waals surface area contributed by atoms with Gasteiger partial charge in [-0.05, 0) is 31.6 Å². The summed E-state index contributed by atoms with van der Waals surface area (Å²) in [5, 5.41) is 0.648. The van der Waals surface area contributed by atoms with Crippen LogP contribution in [0.3, 0.4) is 0 Å². The average molecular weight is 574 g/mol. The Balaban J connectivity index is 1.34. The molecule has 0 saturated heterocycles. The van der Waals surface area contributed by atoms with Gasteiger partial charge in [-0.15, -0.1) is 0 Å². The molecule has 1 aromatic carbocycles. The Morgan fingerprint density at radius 2 is 1.30 bits per heavy atom. The topological polar surface area (TPSA) is 0 Å². The third-order valence-corrected chi connectivity index (χ3v) is 11.7. The van der Waals surface area contributed by atoms with Crippen molar-refractivity contribution in [3.8, 4) is 0 Å². The van der Waals surface area contributed by atoms with E-state index in [-0.39, 0.29) is 5.82 Å². The summed E-state index contributed by atoms with van der Waals surface area (Å²) in [6.07, 6.45) is 15.7. The zero-order chi connectivity index (χ0) is 18.8. The molecule has 3 aliphatic carbocycles. The van der Waals surface area contributed by atoms with Crippen molar-refractivity contribution in [1.82, 2.24) is 0 Å². The molecule has 145 valence electrons. The summed E-state index contributed by atoms with van der Waals surface area (Å²) in [6.45, 7) is 0. The summed E-state index contributed by atoms with van der Waals surface area (Å²) in [5.41, 5.74) is 2.28. The van der Waals surface area contributed by atoms with E-state index in [1.807, 2.05) is 6.07 Å². The summed E-state index contributed by atoms with van der Waals surface area (Å²) < 4.78 is 15.9. The van der Waals surface area contributed by atoms with Gasteiger partial charge >= 0.3 is 138 Å². The Hall–Kier alpha value is 0.435. The van der Waals surface area contributed by atoms with Crippen LogP contribution in [0.1, 0.15) is 100 Å². The molecule has 27 heavy (non-hydrogen) atoms. The minimum absolute atomic E-state index is 0.0865. The van der Waals surface area contributed by atoms with E-state index in [4.69, 9.17) is 0 Å². The molecule has 0 aliphatic heterocycles. The second-order valence-corrected chi connectivity index (χ2v) is 14.9. The number of benzene rings is 1. The molecule has 0 atom stereocenters. The van der Waals surface area contributed by atoms with Crippen LogP contribution in [0.15, 0.2) is 18.2 Å². The number of hydrogen-bond acceptors (Lipinski definition) is 1. The standard InChI is InChI=1S/C24H34FS.Hg/c25-24-16-21(12-15-23(24)20-4-2-1-3-5-20)19-8-6-17(7-9-19)18-10-13-22(26)14-11-18;/h1,12,15-20,22,26H,2-11,13-14H2;. The molecule has 4 rings (SSSR count). The van der Waals surface area contributed by atoms with Gasteiger partial charge in [0.25, 0.3) is 0 Å². The molecule has 0 unspecified atom stereocenters. The Kier molecular flexibility index (Phi) is 7.28. The van der Waals surface area contributed by atoms with Crippen LogP contribution in [0.5, 0.6) is 0 Å². The first kappa shape index (κ1) is 20.7. The molecular formula is C24H34FHgS. The van der Waals surface area contributed by atoms with Crippen molar-refractivity contribution in [2.24, 2.45) is 11.8 Å². The fourth-order valence-electron chi connectivity index (χ4n) is 6.10. The van der Waals surface area contributed by atoms with E-state index < -0.39 is 0 Å². The summed E-state index contributed by atoms with van der Waals surface area (Å²) in [6, 6.07) is 6.32. The third kappa shape index (κ3) is 5.14. The summed E-state index contributed by atoms with van der Waals surface area (Å²) in [7, 11) is 0. The van der Waals surface area contributed by atoms with Gasteiger partial charge in [-0.2, -0.15) is 12.6 Å². The monoisotopic (exact) mass is 575 g/mol. The molecular weight excluding hydrogens is 540 g/mol. The molecule has 0 amide bonds. The molecule has 0 bridgehead atoms. The second kappa shape index (κ2) is 9.50. The molecule has 3 aliphatic rings. The maximum atomic E-state index is 14.9. The van der Waals surface area contributed by atoms with Crippen LogP contribution in [0.2, 0.25) is 3.43 Å². The van der Waals surface area contributed by atoms with Gasteiger partial charge < -0.3 is 0 Å². The molecule has 0 heterocycles. The third-order valence-electron chi connectivity index (χ3n) is 7.96. The number of hydrogen-bond donors (Lipinski definition) is 1. The number of thiol groups is 1. The molecule has 0 nitrogen and oxygen atoms in total.